The lowest BCUT2D eigenvalue weighted by atomic mass is 9.94. The van der Waals surface area contributed by atoms with Gasteiger partial charge in [0.1, 0.15) is 11.6 Å². The second-order valence-corrected chi connectivity index (χ2v) is 7.39. The fourth-order valence-corrected chi connectivity index (χ4v) is 3.76. The zero-order chi connectivity index (χ0) is 20.4. The Morgan fingerprint density at radius 3 is 2.79 bits per heavy atom. The lowest BCUT2D eigenvalue weighted by Gasteiger charge is -2.32. The molecule has 0 radical (unpaired) electrons. The van der Waals surface area contributed by atoms with Crippen molar-refractivity contribution in [2.45, 2.75) is 25.7 Å². The molecule has 0 aliphatic carbocycles. The van der Waals surface area contributed by atoms with Crippen molar-refractivity contribution in [3.05, 3.63) is 83.2 Å². The van der Waals surface area contributed by atoms with E-state index in [1.165, 1.54) is 6.07 Å². The Bertz CT molecular complexity index is 1050. The van der Waals surface area contributed by atoms with Crippen LogP contribution in [-0.2, 0) is 0 Å². The molecule has 1 atom stereocenters. The van der Waals surface area contributed by atoms with E-state index >= 15 is 0 Å². The fourth-order valence-electron chi connectivity index (χ4n) is 3.76. The number of carbonyl (C=O) groups is 1. The summed E-state index contributed by atoms with van der Waals surface area (Å²) in [4.78, 5) is 23.5. The average Bonchev–Trinajstić information content (AvgIpc) is 2.73. The molecule has 1 fully saturated rings. The predicted octanol–water partition coefficient (Wildman–Crippen LogP) is 4.75. The lowest BCUT2D eigenvalue weighted by molar-refractivity contribution is 0.0701. The molecule has 1 saturated heterocycles. The van der Waals surface area contributed by atoms with Gasteiger partial charge in [-0.2, -0.15) is 0 Å². The van der Waals surface area contributed by atoms with Crippen LogP contribution in [0.4, 0.5) is 8.78 Å². The molecule has 29 heavy (non-hydrogen) atoms. The number of likely N-dealkylation sites (tertiary alicyclic amines) is 1. The number of piperidine rings is 1. The maximum atomic E-state index is 14.0. The van der Waals surface area contributed by atoms with E-state index in [1.54, 1.807) is 11.1 Å². The molecule has 2 heterocycles. The molecule has 0 spiro atoms. The Balaban J connectivity index is 1.56. The summed E-state index contributed by atoms with van der Waals surface area (Å²) in [6, 6.07) is 12.9. The highest BCUT2D eigenvalue weighted by atomic mass is 19.1. The summed E-state index contributed by atoms with van der Waals surface area (Å²) >= 11 is 0. The van der Waals surface area contributed by atoms with Gasteiger partial charge in [-0.1, -0.05) is 23.8 Å². The number of halogens is 2. The Labute approximate surface area is 168 Å². The number of rotatable bonds is 3. The Morgan fingerprint density at radius 1 is 1.14 bits per heavy atom. The fraction of sp³-hybridized carbons (Fsp3) is 0.261. The summed E-state index contributed by atoms with van der Waals surface area (Å²) in [6.45, 7) is 3.01. The Kier molecular flexibility index (Phi) is 5.34. The van der Waals surface area contributed by atoms with Gasteiger partial charge in [-0.25, -0.2) is 18.7 Å². The second-order valence-electron chi connectivity index (χ2n) is 7.39. The Morgan fingerprint density at radius 2 is 2.00 bits per heavy atom. The molecular formula is C23H21F2N3O. The van der Waals surface area contributed by atoms with Crippen LogP contribution in [0.2, 0.25) is 0 Å². The van der Waals surface area contributed by atoms with E-state index in [0.29, 0.717) is 18.9 Å². The number of benzene rings is 2. The van der Waals surface area contributed by atoms with Gasteiger partial charge in [0.15, 0.2) is 5.82 Å². The SMILES string of the molecule is Cc1cccc(-c2nccc(C3CCCN(C(=O)c4ccc(F)cc4F)C3)n2)c1. The van der Waals surface area contributed by atoms with E-state index < -0.39 is 17.5 Å². The molecule has 0 saturated carbocycles. The highest BCUT2D eigenvalue weighted by molar-refractivity contribution is 5.94. The van der Waals surface area contributed by atoms with Gasteiger partial charge in [0.25, 0.3) is 5.91 Å². The molecule has 1 aromatic heterocycles. The van der Waals surface area contributed by atoms with Crippen LogP contribution >= 0.6 is 0 Å². The minimum absolute atomic E-state index is 0.0442. The quantitative estimate of drug-likeness (QED) is 0.645. The van der Waals surface area contributed by atoms with E-state index in [4.69, 9.17) is 4.98 Å². The van der Waals surface area contributed by atoms with E-state index in [9.17, 15) is 13.6 Å². The molecule has 0 bridgehead atoms. The van der Waals surface area contributed by atoms with Gasteiger partial charge < -0.3 is 4.90 Å². The van der Waals surface area contributed by atoms with Gasteiger partial charge in [0.2, 0.25) is 0 Å². The first-order valence-corrected chi connectivity index (χ1v) is 9.65. The number of aryl methyl sites for hydroxylation is 1. The molecule has 1 amide bonds. The highest BCUT2D eigenvalue weighted by Gasteiger charge is 2.28. The lowest BCUT2D eigenvalue weighted by Crippen LogP contribution is -2.39. The van der Waals surface area contributed by atoms with Crippen LogP contribution in [0.5, 0.6) is 0 Å². The minimum atomic E-state index is -0.833. The first-order valence-electron chi connectivity index (χ1n) is 9.65. The summed E-state index contributed by atoms with van der Waals surface area (Å²) < 4.78 is 27.2. The standard InChI is InChI=1S/C23H21F2N3O/c1-15-4-2-5-16(12-15)22-26-10-9-21(27-22)17-6-3-11-28(14-17)23(29)19-8-7-18(24)13-20(19)25/h2,4-5,7-10,12-13,17H,3,6,11,14H2,1H3. The normalized spacial score (nSPS) is 16.7. The topological polar surface area (TPSA) is 46.1 Å². The van der Waals surface area contributed by atoms with Crippen LogP contribution in [0.3, 0.4) is 0 Å². The summed E-state index contributed by atoms with van der Waals surface area (Å²) in [5.41, 5.74) is 2.85. The van der Waals surface area contributed by atoms with Crippen molar-refractivity contribution < 1.29 is 13.6 Å². The number of hydrogen-bond donors (Lipinski definition) is 0. The monoisotopic (exact) mass is 393 g/mol. The van der Waals surface area contributed by atoms with Gasteiger partial charge in [0.05, 0.1) is 5.56 Å². The molecule has 4 rings (SSSR count). The van der Waals surface area contributed by atoms with Crippen LogP contribution < -0.4 is 0 Å². The van der Waals surface area contributed by atoms with Crippen molar-refractivity contribution in [3.63, 3.8) is 0 Å². The largest absolute Gasteiger partial charge is 0.338 e. The number of hydrogen-bond acceptors (Lipinski definition) is 3. The average molecular weight is 393 g/mol. The summed E-state index contributed by atoms with van der Waals surface area (Å²) in [6.07, 6.45) is 3.42. The third-order valence-corrected chi connectivity index (χ3v) is 5.24. The van der Waals surface area contributed by atoms with Crippen LogP contribution in [0.1, 0.15) is 40.4 Å². The maximum Gasteiger partial charge on any atom is 0.256 e. The molecule has 2 aromatic carbocycles. The molecule has 1 aliphatic heterocycles. The van der Waals surface area contributed by atoms with Crippen molar-refractivity contribution in [2.75, 3.05) is 13.1 Å². The van der Waals surface area contributed by atoms with Crippen LogP contribution in [-0.4, -0.2) is 33.9 Å². The van der Waals surface area contributed by atoms with E-state index in [2.05, 4.69) is 4.98 Å². The third-order valence-electron chi connectivity index (χ3n) is 5.24. The van der Waals surface area contributed by atoms with Crippen LogP contribution in [0.25, 0.3) is 11.4 Å². The summed E-state index contributed by atoms with van der Waals surface area (Å²) in [5.74, 6) is -1.25. The molecule has 0 N–H and O–H groups in total. The van der Waals surface area contributed by atoms with E-state index in [0.717, 1.165) is 41.8 Å². The van der Waals surface area contributed by atoms with Crippen molar-refractivity contribution in [1.82, 2.24) is 14.9 Å². The second kappa shape index (κ2) is 8.07. The summed E-state index contributed by atoms with van der Waals surface area (Å²) in [5, 5.41) is 0. The van der Waals surface area contributed by atoms with Gasteiger partial charge in [-0.3, -0.25) is 4.79 Å². The number of nitrogens with zero attached hydrogens (tertiary/aromatic N) is 3. The summed E-state index contributed by atoms with van der Waals surface area (Å²) in [7, 11) is 0. The van der Waals surface area contributed by atoms with Crippen molar-refractivity contribution >= 4 is 5.91 Å². The molecular weight excluding hydrogens is 372 g/mol. The van der Waals surface area contributed by atoms with Crippen molar-refractivity contribution in [2.24, 2.45) is 0 Å². The van der Waals surface area contributed by atoms with Crippen LogP contribution in [0, 0.1) is 18.6 Å². The van der Waals surface area contributed by atoms with E-state index in [-0.39, 0.29) is 11.5 Å². The first kappa shape index (κ1) is 19.2. The van der Waals surface area contributed by atoms with Gasteiger partial charge >= 0.3 is 0 Å². The molecule has 148 valence electrons. The van der Waals surface area contributed by atoms with E-state index in [1.807, 2.05) is 37.3 Å². The van der Waals surface area contributed by atoms with Crippen molar-refractivity contribution in [3.8, 4) is 11.4 Å². The molecule has 1 aliphatic rings. The van der Waals surface area contributed by atoms with Crippen LogP contribution in [0.15, 0.2) is 54.7 Å². The van der Waals surface area contributed by atoms with Gasteiger partial charge in [0, 0.05) is 42.5 Å². The van der Waals surface area contributed by atoms with Gasteiger partial charge in [-0.05, 0) is 44.0 Å². The van der Waals surface area contributed by atoms with Crippen molar-refractivity contribution in [1.29, 1.82) is 0 Å². The minimum Gasteiger partial charge on any atom is -0.338 e. The zero-order valence-electron chi connectivity index (χ0n) is 16.1. The molecule has 6 heteroatoms. The Hall–Kier alpha value is -3.15. The zero-order valence-corrected chi connectivity index (χ0v) is 16.1. The predicted molar refractivity (Wildman–Crippen MR) is 106 cm³/mol. The number of carbonyl (C=O) groups excluding carboxylic acids is 1. The highest BCUT2D eigenvalue weighted by Crippen LogP contribution is 2.28. The first-order chi connectivity index (χ1) is 14.0. The smallest absolute Gasteiger partial charge is 0.256 e. The number of amides is 1. The molecule has 1 unspecified atom stereocenters. The molecule has 3 aromatic rings. The number of aromatic nitrogens is 2. The third kappa shape index (κ3) is 4.16. The van der Waals surface area contributed by atoms with Gasteiger partial charge in [-0.15, -0.1) is 0 Å². The maximum absolute atomic E-state index is 14.0. The molecule has 4 nitrogen and oxygen atoms in total.